The number of benzene rings is 3. The molecule has 0 aromatic heterocycles. The van der Waals surface area contributed by atoms with Gasteiger partial charge in [0.05, 0.1) is 13.0 Å². The number of ether oxygens (including phenoxy) is 1. The average molecular weight is 475 g/mol. The summed E-state index contributed by atoms with van der Waals surface area (Å²) in [4.78, 5) is 12.9. The maximum atomic E-state index is 12.9. The number of hydrogen-bond acceptors (Lipinski definition) is 3. The molecule has 4 nitrogen and oxygen atoms in total. The molecule has 1 aliphatic carbocycles. The lowest BCUT2D eigenvalue weighted by Crippen LogP contribution is -2.25. The van der Waals surface area contributed by atoms with E-state index in [1.807, 2.05) is 36.4 Å². The summed E-state index contributed by atoms with van der Waals surface area (Å²) in [6.45, 7) is 10.9. The van der Waals surface area contributed by atoms with Crippen LogP contribution in [0.3, 0.4) is 0 Å². The quantitative estimate of drug-likeness (QED) is 0.514. The van der Waals surface area contributed by atoms with E-state index in [4.69, 9.17) is 9.16 Å². The summed E-state index contributed by atoms with van der Waals surface area (Å²) in [6.07, 6.45) is 0. The normalized spacial score (nSPS) is 19.6. The van der Waals surface area contributed by atoms with Gasteiger partial charge in [-0.1, -0.05) is 63.2 Å². The summed E-state index contributed by atoms with van der Waals surface area (Å²) in [5, 5.41) is 10.6. The summed E-state index contributed by atoms with van der Waals surface area (Å²) in [6, 6.07) is 18.1. The second kappa shape index (κ2) is 8.95. The van der Waals surface area contributed by atoms with Gasteiger partial charge in [0.2, 0.25) is 10.5 Å². The molecule has 3 aromatic carbocycles. The second-order valence-corrected chi connectivity index (χ2v) is 10.7. The molecule has 0 saturated heterocycles. The Kier molecular flexibility index (Phi) is 6.34. The van der Waals surface area contributed by atoms with E-state index in [0.717, 1.165) is 39.3 Å². The molecule has 0 amide bonds. The van der Waals surface area contributed by atoms with E-state index in [9.17, 15) is 9.90 Å². The van der Waals surface area contributed by atoms with Crippen LogP contribution in [-0.4, -0.2) is 28.7 Å². The van der Waals surface area contributed by atoms with E-state index in [-0.39, 0.29) is 17.3 Å². The van der Waals surface area contributed by atoms with E-state index in [2.05, 4.69) is 52.8 Å². The van der Waals surface area contributed by atoms with Crippen molar-refractivity contribution in [3.8, 4) is 11.5 Å². The van der Waals surface area contributed by atoms with Gasteiger partial charge < -0.3 is 14.3 Å². The molecule has 34 heavy (non-hydrogen) atoms. The fraction of sp³-hybridized carbons (Fsp3) is 0.345. The van der Waals surface area contributed by atoms with Crippen LogP contribution in [0.4, 0.5) is 0 Å². The fourth-order valence-electron chi connectivity index (χ4n) is 6.15. The van der Waals surface area contributed by atoms with Crippen LogP contribution in [-0.2, 0) is 10.2 Å². The van der Waals surface area contributed by atoms with Crippen LogP contribution in [0.25, 0.3) is 0 Å². The number of aliphatic carboxylic acids is 1. The highest BCUT2D eigenvalue weighted by atomic mass is 28.2. The molecule has 0 bridgehead atoms. The van der Waals surface area contributed by atoms with Crippen molar-refractivity contribution in [2.24, 2.45) is 5.92 Å². The Morgan fingerprint density at radius 1 is 0.941 bits per heavy atom. The van der Waals surface area contributed by atoms with E-state index in [0.29, 0.717) is 10.5 Å². The number of carboxylic acid groups (broad SMARTS) is 1. The van der Waals surface area contributed by atoms with Gasteiger partial charge in [-0.15, -0.1) is 0 Å². The number of methoxy groups -OCH3 is 1. The van der Waals surface area contributed by atoms with Crippen molar-refractivity contribution in [2.75, 3.05) is 7.11 Å². The molecule has 0 spiro atoms. The number of fused-ring (bicyclic) bond motifs is 1. The minimum absolute atomic E-state index is 0.0348. The Balaban J connectivity index is 1.97. The minimum atomic E-state index is -0.795. The molecule has 0 aliphatic heterocycles. The highest BCUT2D eigenvalue weighted by molar-refractivity contribution is 6.00. The van der Waals surface area contributed by atoms with Crippen LogP contribution in [0.1, 0.15) is 71.6 Å². The highest BCUT2D eigenvalue weighted by Gasteiger charge is 2.47. The Labute approximate surface area is 205 Å². The van der Waals surface area contributed by atoms with Crippen LogP contribution in [0.5, 0.6) is 11.5 Å². The third kappa shape index (κ3) is 3.92. The van der Waals surface area contributed by atoms with Crippen molar-refractivity contribution in [3.63, 3.8) is 0 Å². The molecule has 3 unspecified atom stereocenters. The van der Waals surface area contributed by atoms with Gasteiger partial charge in [0, 0.05) is 17.4 Å². The molecule has 178 valence electrons. The third-order valence-electron chi connectivity index (χ3n) is 7.18. The standard InChI is InChI=1S/C29H34O4Si/c1-16-15-22(27(33-34)17(2)26(16)29(3,4)5)24-21-10-8-7-9-20(21)23(25(24)28(30)31)18-11-13-19(32-6)14-12-18/h7-15,23-25H,1-6,34H3,(H,30,31). The van der Waals surface area contributed by atoms with E-state index in [1.54, 1.807) is 7.11 Å². The SMILES string of the molecule is COc1ccc(C2c3ccccc3C(c3cc(C)c(C(C)(C)C)c(C)c3O[SiH3])C2C(=O)O)cc1. The maximum absolute atomic E-state index is 12.9. The maximum Gasteiger partial charge on any atom is 0.308 e. The van der Waals surface area contributed by atoms with Crippen LogP contribution in [0.2, 0.25) is 0 Å². The van der Waals surface area contributed by atoms with Crippen molar-refractivity contribution in [1.29, 1.82) is 0 Å². The molecular formula is C29H34O4Si. The summed E-state index contributed by atoms with van der Waals surface area (Å²) >= 11 is 0. The molecule has 4 rings (SSSR count). The lowest BCUT2D eigenvalue weighted by atomic mass is 9.75. The summed E-state index contributed by atoms with van der Waals surface area (Å²) in [5.74, 6) is -0.375. The van der Waals surface area contributed by atoms with Crippen LogP contribution in [0, 0.1) is 19.8 Å². The van der Waals surface area contributed by atoms with Crippen molar-refractivity contribution in [1.82, 2.24) is 0 Å². The lowest BCUT2D eigenvalue weighted by molar-refractivity contribution is -0.142. The molecule has 0 radical (unpaired) electrons. The van der Waals surface area contributed by atoms with Crippen molar-refractivity contribution >= 4 is 16.5 Å². The first-order chi connectivity index (χ1) is 16.1. The van der Waals surface area contributed by atoms with Gasteiger partial charge in [0.25, 0.3) is 0 Å². The molecule has 0 fully saturated rings. The van der Waals surface area contributed by atoms with Gasteiger partial charge in [-0.2, -0.15) is 0 Å². The van der Waals surface area contributed by atoms with Gasteiger partial charge in [0.1, 0.15) is 11.5 Å². The zero-order chi connectivity index (χ0) is 24.8. The highest BCUT2D eigenvalue weighted by Crippen LogP contribution is 2.55. The first kappa shape index (κ1) is 24.1. The van der Waals surface area contributed by atoms with Crippen molar-refractivity contribution < 1.29 is 19.1 Å². The van der Waals surface area contributed by atoms with Gasteiger partial charge in [-0.3, -0.25) is 4.79 Å². The number of carboxylic acids is 1. The van der Waals surface area contributed by atoms with Gasteiger partial charge >= 0.3 is 5.97 Å². The Morgan fingerprint density at radius 2 is 1.53 bits per heavy atom. The number of carbonyl (C=O) groups is 1. The van der Waals surface area contributed by atoms with Crippen molar-refractivity contribution in [2.45, 2.75) is 51.9 Å². The van der Waals surface area contributed by atoms with Crippen LogP contribution < -0.4 is 9.16 Å². The number of aryl methyl sites for hydroxylation is 1. The van der Waals surface area contributed by atoms with Crippen LogP contribution >= 0.6 is 0 Å². The average Bonchev–Trinajstić information content (AvgIpc) is 3.13. The largest absolute Gasteiger partial charge is 0.553 e. The molecule has 1 aliphatic rings. The molecule has 0 saturated carbocycles. The second-order valence-electron chi connectivity index (χ2n) is 10.3. The van der Waals surface area contributed by atoms with Gasteiger partial charge in [-0.25, -0.2) is 0 Å². The molecule has 3 aromatic rings. The fourth-order valence-corrected chi connectivity index (χ4v) is 6.70. The van der Waals surface area contributed by atoms with E-state index < -0.39 is 11.9 Å². The molecule has 3 atom stereocenters. The summed E-state index contributed by atoms with van der Waals surface area (Å²) < 4.78 is 11.5. The van der Waals surface area contributed by atoms with E-state index in [1.165, 1.54) is 11.1 Å². The summed E-state index contributed by atoms with van der Waals surface area (Å²) in [7, 11) is 2.17. The van der Waals surface area contributed by atoms with Crippen molar-refractivity contribution in [3.05, 3.63) is 93.5 Å². The Morgan fingerprint density at radius 3 is 2.03 bits per heavy atom. The smallest absolute Gasteiger partial charge is 0.308 e. The topological polar surface area (TPSA) is 55.8 Å². The molecule has 1 N–H and O–H groups in total. The minimum Gasteiger partial charge on any atom is -0.553 e. The Bertz CT molecular complexity index is 1220. The first-order valence-corrected chi connectivity index (χ1v) is 12.6. The predicted octanol–water partition coefficient (Wildman–Crippen LogP) is 5.25. The van der Waals surface area contributed by atoms with Crippen LogP contribution in [0.15, 0.2) is 54.6 Å². The van der Waals surface area contributed by atoms with E-state index >= 15 is 0 Å². The zero-order valence-corrected chi connectivity index (χ0v) is 23.1. The van der Waals surface area contributed by atoms with Gasteiger partial charge in [0.15, 0.2) is 0 Å². The number of hydrogen-bond donors (Lipinski definition) is 1. The third-order valence-corrected chi connectivity index (χ3v) is 7.59. The Hall–Kier alpha value is -3.05. The number of rotatable bonds is 5. The molecule has 0 heterocycles. The zero-order valence-electron chi connectivity index (χ0n) is 21.1. The molecule has 5 heteroatoms. The summed E-state index contributed by atoms with van der Waals surface area (Å²) in [5.41, 5.74) is 7.63. The predicted molar refractivity (Wildman–Crippen MR) is 139 cm³/mol. The monoisotopic (exact) mass is 474 g/mol. The van der Waals surface area contributed by atoms with Gasteiger partial charge in [-0.05, 0) is 64.8 Å². The first-order valence-electron chi connectivity index (χ1n) is 11.7. The lowest BCUT2D eigenvalue weighted by Gasteiger charge is -2.30. The molecular weight excluding hydrogens is 440 g/mol.